The molecule has 0 radical (unpaired) electrons. The lowest BCUT2D eigenvalue weighted by atomic mass is 10.1. The van der Waals surface area contributed by atoms with Crippen molar-refractivity contribution in [2.24, 2.45) is 0 Å². The summed E-state index contributed by atoms with van der Waals surface area (Å²) in [5.41, 5.74) is 0.545. The van der Waals surface area contributed by atoms with Crippen LogP contribution in [-0.4, -0.2) is 14.6 Å². The highest BCUT2D eigenvalue weighted by Crippen LogP contribution is 2.07. The molecular formula is C13H12N2O4. The Morgan fingerprint density at radius 3 is 2.37 bits per heavy atom. The number of nitrogens with zero attached hydrogens (tertiary/aromatic N) is 2. The predicted octanol–water partition coefficient (Wildman–Crippen LogP) is 1.30. The molecule has 2 aromatic rings. The van der Waals surface area contributed by atoms with Gasteiger partial charge in [-0.3, -0.25) is 14.9 Å². The summed E-state index contributed by atoms with van der Waals surface area (Å²) in [6.45, 7) is 0.212. The lowest BCUT2D eigenvalue weighted by molar-refractivity contribution is -0.386. The number of benzene rings is 1. The molecule has 6 heteroatoms. The van der Waals surface area contributed by atoms with Crippen molar-refractivity contribution >= 4 is 5.69 Å². The third-order valence-corrected chi connectivity index (χ3v) is 2.76. The molecule has 0 bridgehead atoms. The van der Waals surface area contributed by atoms with E-state index in [9.17, 15) is 14.9 Å². The fraction of sp³-hybridized carbons (Fsp3) is 0.154. The number of hydrogen-bond donors (Lipinski definition) is 1. The first-order valence-electron chi connectivity index (χ1n) is 5.64. The molecule has 0 saturated heterocycles. The number of nitro groups is 1. The van der Waals surface area contributed by atoms with Crippen LogP contribution >= 0.6 is 0 Å². The van der Waals surface area contributed by atoms with E-state index in [0.717, 1.165) is 11.1 Å². The Kier molecular flexibility index (Phi) is 3.72. The molecule has 1 aromatic heterocycles. The summed E-state index contributed by atoms with van der Waals surface area (Å²) in [6.07, 6.45) is 1.51. The number of aromatic nitrogens is 1. The second kappa shape index (κ2) is 5.45. The van der Waals surface area contributed by atoms with Crippen molar-refractivity contribution in [3.63, 3.8) is 0 Å². The van der Waals surface area contributed by atoms with E-state index in [1.54, 1.807) is 24.3 Å². The molecule has 0 aliphatic rings. The average Bonchev–Trinajstić information content (AvgIpc) is 2.41. The van der Waals surface area contributed by atoms with E-state index in [-0.39, 0.29) is 13.2 Å². The number of aliphatic hydroxyl groups excluding tert-OH is 1. The Morgan fingerprint density at radius 1 is 1.16 bits per heavy atom. The van der Waals surface area contributed by atoms with Crippen LogP contribution in [0.2, 0.25) is 0 Å². The zero-order chi connectivity index (χ0) is 13.8. The van der Waals surface area contributed by atoms with Gasteiger partial charge in [0.25, 0.3) is 0 Å². The predicted molar refractivity (Wildman–Crippen MR) is 68.8 cm³/mol. The molecule has 0 amide bonds. The number of aliphatic hydroxyl groups is 1. The Labute approximate surface area is 108 Å². The van der Waals surface area contributed by atoms with E-state index in [2.05, 4.69) is 0 Å². The Hall–Kier alpha value is -2.47. The zero-order valence-corrected chi connectivity index (χ0v) is 10.0. The van der Waals surface area contributed by atoms with E-state index >= 15 is 0 Å². The van der Waals surface area contributed by atoms with Gasteiger partial charge in [-0.25, -0.2) is 0 Å². The Morgan fingerprint density at radius 2 is 1.79 bits per heavy atom. The van der Waals surface area contributed by atoms with Gasteiger partial charge >= 0.3 is 11.2 Å². The molecule has 19 heavy (non-hydrogen) atoms. The molecule has 0 fully saturated rings. The molecule has 98 valence electrons. The highest BCUT2D eigenvalue weighted by Gasteiger charge is 2.13. The van der Waals surface area contributed by atoms with Gasteiger partial charge in [0, 0.05) is 12.3 Å². The number of pyridine rings is 1. The minimum atomic E-state index is -0.687. The molecule has 0 aliphatic carbocycles. The van der Waals surface area contributed by atoms with Crippen molar-refractivity contribution in [1.29, 1.82) is 0 Å². The van der Waals surface area contributed by atoms with Gasteiger partial charge in [-0.05, 0) is 17.2 Å². The number of rotatable bonds is 4. The van der Waals surface area contributed by atoms with Crippen molar-refractivity contribution < 1.29 is 10.0 Å². The molecule has 0 aliphatic heterocycles. The highest BCUT2D eigenvalue weighted by atomic mass is 16.6. The highest BCUT2D eigenvalue weighted by molar-refractivity contribution is 5.27. The minimum absolute atomic E-state index is 0.0446. The van der Waals surface area contributed by atoms with Gasteiger partial charge in [0.1, 0.15) is 0 Å². The first-order valence-corrected chi connectivity index (χ1v) is 5.64. The third-order valence-electron chi connectivity index (χ3n) is 2.76. The Balaban J connectivity index is 2.30. The van der Waals surface area contributed by atoms with Gasteiger partial charge in [-0.2, -0.15) is 0 Å². The summed E-state index contributed by atoms with van der Waals surface area (Å²) < 4.78 is 1.28. The second-order valence-electron chi connectivity index (χ2n) is 4.06. The van der Waals surface area contributed by atoms with Crippen LogP contribution in [0.25, 0.3) is 0 Å². The summed E-state index contributed by atoms with van der Waals surface area (Å²) in [7, 11) is 0. The third kappa shape index (κ3) is 2.86. The van der Waals surface area contributed by atoms with Crippen LogP contribution < -0.4 is 5.56 Å². The summed E-state index contributed by atoms with van der Waals surface area (Å²) >= 11 is 0. The van der Waals surface area contributed by atoms with E-state index in [1.165, 1.54) is 22.9 Å². The normalized spacial score (nSPS) is 10.4. The van der Waals surface area contributed by atoms with E-state index < -0.39 is 16.2 Å². The monoisotopic (exact) mass is 260 g/mol. The van der Waals surface area contributed by atoms with Gasteiger partial charge in [0.2, 0.25) is 0 Å². The topological polar surface area (TPSA) is 85.4 Å². The maximum atomic E-state index is 11.8. The molecular weight excluding hydrogens is 248 g/mol. The van der Waals surface area contributed by atoms with E-state index in [0.29, 0.717) is 0 Å². The summed E-state index contributed by atoms with van der Waals surface area (Å²) in [5.74, 6) is 0. The van der Waals surface area contributed by atoms with E-state index in [4.69, 9.17) is 5.11 Å². The quantitative estimate of drug-likeness (QED) is 0.663. The molecule has 1 heterocycles. The van der Waals surface area contributed by atoms with Crippen LogP contribution in [0.3, 0.4) is 0 Å². The molecule has 2 rings (SSSR count). The maximum absolute atomic E-state index is 11.8. The fourth-order valence-corrected chi connectivity index (χ4v) is 1.73. The smallest absolute Gasteiger partial charge is 0.334 e. The van der Waals surface area contributed by atoms with Gasteiger partial charge in [0.05, 0.1) is 18.1 Å². The molecule has 1 aromatic carbocycles. The van der Waals surface area contributed by atoms with Crippen LogP contribution in [0.4, 0.5) is 5.69 Å². The number of hydrogen-bond acceptors (Lipinski definition) is 4. The van der Waals surface area contributed by atoms with Crippen molar-refractivity contribution in [3.05, 3.63) is 74.2 Å². The summed E-state index contributed by atoms with van der Waals surface area (Å²) in [6, 6.07) is 9.71. The molecule has 1 N–H and O–H groups in total. The van der Waals surface area contributed by atoms with Crippen LogP contribution in [0.5, 0.6) is 0 Å². The van der Waals surface area contributed by atoms with Gasteiger partial charge in [0.15, 0.2) is 0 Å². The van der Waals surface area contributed by atoms with Crippen molar-refractivity contribution in [2.75, 3.05) is 0 Å². The van der Waals surface area contributed by atoms with Crippen LogP contribution in [0.15, 0.2) is 47.4 Å². The van der Waals surface area contributed by atoms with Crippen molar-refractivity contribution in [3.8, 4) is 0 Å². The van der Waals surface area contributed by atoms with Crippen molar-refractivity contribution in [1.82, 2.24) is 4.57 Å². The van der Waals surface area contributed by atoms with Gasteiger partial charge in [-0.15, -0.1) is 0 Å². The van der Waals surface area contributed by atoms with Crippen molar-refractivity contribution in [2.45, 2.75) is 13.2 Å². The van der Waals surface area contributed by atoms with Crippen LogP contribution in [0.1, 0.15) is 11.1 Å². The molecule has 0 atom stereocenters. The lowest BCUT2D eigenvalue weighted by Crippen LogP contribution is -2.22. The lowest BCUT2D eigenvalue weighted by Gasteiger charge is -2.06. The van der Waals surface area contributed by atoms with Crippen LogP contribution in [0, 0.1) is 10.1 Å². The largest absolute Gasteiger partial charge is 0.392 e. The van der Waals surface area contributed by atoms with Crippen LogP contribution in [-0.2, 0) is 13.2 Å². The second-order valence-corrected chi connectivity index (χ2v) is 4.06. The summed E-state index contributed by atoms with van der Waals surface area (Å²) in [5, 5.41) is 19.6. The van der Waals surface area contributed by atoms with E-state index in [1.807, 2.05) is 0 Å². The first-order chi connectivity index (χ1) is 9.11. The molecule has 0 saturated carbocycles. The zero-order valence-electron chi connectivity index (χ0n) is 10.0. The average molecular weight is 260 g/mol. The fourth-order valence-electron chi connectivity index (χ4n) is 1.73. The Bertz CT molecular complexity index is 646. The molecule has 0 unspecified atom stereocenters. The SMILES string of the molecule is O=c1c([N+](=O)[O-])cccn1Cc1ccc(CO)cc1. The first kappa shape index (κ1) is 13.0. The summed E-state index contributed by atoms with van der Waals surface area (Å²) in [4.78, 5) is 21.8. The molecule has 0 spiro atoms. The molecule has 6 nitrogen and oxygen atoms in total. The van der Waals surface area contributed by atoms with Gasteiger partial charge in [-0.1, -0.05) is 24.3 Å². The maximum Gasteiger partial charge on any atom is 0.334 e. The standard InChI is InChI=1S/C13H12N2O4/c16-9-11-5-3-10(4-6-11)8-14-7-1-2-12(13(14)17)15(18)19/h1-7,16H,8-9H2. The van der Waals surface area contributed by atoms with Gasteiger partial charge < -0.3 is 9.67 Å². The minimum Gasteiger partial charge on any atom is -0.392 e.